The SMILES string of the molecule is CCCCCCCCCCCCCCOCC(CCC[N+](C)(C)C)(CCC[N+](C)(C)C)COCCCCCCCCCCCCCC.[I-].[I-]. The Morgan fingerprint density at radius 2 is 0.592 bits per heavy atom. The average Bonchev–Trinajstić information content (AvgIpc) is 3.00. The Morgan fingerprint density at radius 3 is 0.837 bits per heavy atom. The molecule has 0 radical (unpaired) electrons. The Morgan fingerprint density at radius 1 is 0.347 bits per heavy atom. The van der Waals surface area contributed by atoms with Gasteiger partial charge in [-0.05, 0) is 38.5 Å². The molecule has 4 nitrogen and oxygen atoms in total. The number of nitrogens with zero attached hydrogens (tertiary/aromatic N) is 2. The van der Waals surface area contributed by atoms with Gasteiger partial charge in [-0.15, -0.1) is 0 Å². The Balaban J connectivity index is -0.0000106. The molecule has 0 amide bonds. The van der Waals surface area contributed by atoms with Gasteiger partial charge >= 0.3 is 0 Å². The summed E-state index contributed by atoms with van der Waals surface area (Å²) >= 11 is 0. The highest BCUT2D eigenvalue weighted by atomic mass is 127. The molecule has 0 saturated heterocycles. The molecule has 0 aliphatic heterocycles. The number of ether oxygens (including phenoxy) is 2. The molecule has 0 heterocycles. The fourth-order valence-electron chi connectivity index (χ4n) is 6.98. The van der Waals surface area contributed by atoms with Crippen LogP contribution in [0.5, 0.6) is 0 Å². The summed E-state index contributed by atoms with van der Waals surface area (Å²) in [5, 5.41) is 0. The molecular weight excluding hydrogens is 830 g/mol. The second-order valence-corrected chi connectivity index (χ2v) is 17.6. The Labute approximate surface area is 345 Å². The topological polar surface area (TPSA) is 18.5 Å². The van der Waals surface area contributed by atoms with Crippen molar-refractivity contribution in [2.45, 2.75) is 194 Å². The molecule has 49 heavy (non-hydrogen) atoms. The maximum atomic E-state index is 6.54. The van der Waals surface area contributed by atoms with Crippen molar-refractivity contribution in [2.24, 2.45) is 5.41 Å². The third kappa shape index (κ3) is 41.9. The van der Waals surface area contributed by atoms with Crippen LogP contribution in [0.25, 0.3) is 0 Å². The van der Waals surface area contributed by atoms with Crippen LogP contribution >= 0.6 is 0 Å². The van der Waals surface area contributed by atoms with Crippen LogP contribution in [0.15, 0.2) is 0 Å². The lowest BCUT2D eigenvalue weighted by molar-refractivity contribution is -0.871. The summed E-state index contributed by atoms with van der Waals surface area (Å²) in [7, 11) is 14.0. The van der Waals surface area contributed by atoms with Gasteiger partial charge < -0.3 is 66.4 Å². The van der Waals surface area contributed by atoms with Crippen LogP contribution < -0.4 is 48.0 Å². The first-order chi connectivity index (χ1) is 22.5. The van der Waals surface area contributed by atoms with E-state index >= 15 is 0 Å². The van der Waals surface area contributed by atoms with E-state index in [1.165, 1.54) is 193 Å². The smallest absolute Gasteiger partial charge is 0.0780 e. The summed E-state index contributed by atoms with van der Waals surface area (Å²) in [5.41, 5.74) is 0.151. The minimum atomic E-state index is 0. The third-order valence-corrected chi connectivity index (χ3v) is 10.2. The summed E-state index contributed by atoms with van der Waals surface area (Å²) < 4.78 is 15.1. The van der Waals surface area contributed by atoms with Crippen LogP contribution in [-0.4, -0.2) is 90.8 Å². The molecule has 0 aliphatic carbocycles. The molecule has 0 bridgehead atoms. The molecule has 300 valence electrons. The van der Waals surface area contributed by atoms with E-state index in [-0.39, 0.29) is 53.4 Å². The van der Waals surface area contributed by atoms with Crippen molar-refractivity contribution >= 4 is 0 Å². The van der Waals surface area contributed by atoms with E-state index < -0.39 is 0 Å². The number of unbranched alkanes of at least 4 members (excludes halogenated alkanes) is 22. The van der Waals surface area contributed by atoms with E-state index in [1.54, 1.807) is 0 Å². The van der Waals surface area contributed by atoms with Gasteiger partial charge in [-0.25, -0.2) is 0 Å². The van der Waals surface area contributed by atoms with Gasteiger partial charge in [0, 0.05) is 18.6 Å². The fourth-order valence-corrected chi connectivity index (χ4v) is 6.98. The molecule has 0 rings (SSSR count). The van der Waals surface area contributed by atoms with Crippen molar-refractivity contribution in [3.63, 3.8) is 0 Å². The number of hydrogen-bond donors (Lipinski definition) is 0. The highest BCUT2D eigenvalue weighted by Crippen LogP contribution is 2.32. The number of quaternary nitrogens is 2. The molecule has 0 spiro atoms. The highest BCUT2D eigenvalue weighted by molar-refractivity contribution is 4.80. The molecule has 0 atom stereocenters. The summed E-state index contributed by atoms with van der Waals surface area (Å²) in [6, 6.07) is 0. The molecule has 0 saturated carbocycles. The van der Waals surface area contributed by atoms with Gasteiger partial charge in [0.25, 0.3) is 0 Å². The molecule has 0 unspecified atom stereocenters. The Bertz CT molecular complexity index is 582. The zero-order valence-corrected chi connectivity index (χ0v) is 39.3. The summed E-state index contributed by atoms with van der Waals surface area (Å²) in [6.45, 7) is 10.6. The summed E-state index contributed by atoms with van der Waals surface area (Å²) in [6.07, 6.45) is 38.4. The van der Waals surface area contributed by atoms with Gasteiger partial charge in [0.1, 0.15) is 0 Å². The van der Waals surface area contributed by atoms with Gasteiger partial charge in [0.05, 0.1) is 68.6 Å². The maximum Gasteiger partial charge on any atom is 0.0780 e. The zero-order chi connectivity index (χ0) is 35.0. The fraction of sp³-hybridized carbons (Fsp3) is 1.00. The standard InChI is InChI=1S/C43H92N2O2.2HI/c1-9-11-13-15-17-19-21-23-25-27-29-31-39-46-41-43(35-33-37-44(3,4)5,36-34-38-45(6,7)8)42-47-40-32-30-28-26-24-22-20-18-16-14-12-10-2;;/h9-42H2,1-8H3;2*1H/q+2;;/p-2. The van der Waals surface area contributed by atoms with Crippen LogP contribution in [0.3, 0.4) is 0 Å². The lowest BCUT2D eigenvalue weighted by Gasteiger charge is -2.36. The lowest BCUT2D eigenvalue weighted by atomic mass is 9.80. The maximum absolute atomic E-state index is 6.54. The first-order valence-electron chi connectivity index (χ1n) is 21.3. The molecule has 6 heteroatoms. The van der Waals surface area contributed by atoms with E-state index in [0.717, 1.165) is 35.4 Å². The van der Waals surface area contributed by atoms with Crippen molar-refractivity contribution in [1.82, 2.24) is 0 Å². The van der Waals surface area contributed by atoms with Crippen molar-refractivity contribution in [3.8, 4) is 0 Å². The predicted octanol–water partition coefficient (Wildman–Crippen LogP) is 6.39. The molecule has 0 aromatic heterocycles. The average molecular weight is 923 g/mol. The molecule has 0 aliphatic rings. The second-order valence-electron chi connectivity index (χ2n) is 17.6. The minimum absolute atomic E-state index is 0. The monoisotopic (exact) mass is 923 g/mol. The third-order valence-electron chi connectivity index (χ3n) is 10.2. The van der Waals surface area contributed by atoms with Crippen molar-refractivity contribution < 1.29 is 66.4 Å². The van der Waals surface area contributed by atoms with Gasteiger partial charge in [0.2, 0.25) is 0 Å². The molecule has 0 N–H and O–H groups in total. The van der Waals surface area contributed by atoms with E-state index in [9.17, 15) is 0 Å². The van der Waals surface area contributed by atoms with Crippen molar-refractivity contribution in [1.29, 1.82) is 0 Å². The summed E-state index contributed by atoms with van der Waals surface area (Å²) in [5.74, 6) is 0. The molecular formula is C43H92I2N2O2. The van der Waals surface area contributed by atoms with Crippen molar-refractivity contribution in [3.05, 3.63) is 0 Å². The largest absolute Gasteiger partial charge is 1.00 e. The molecule has 0 fully saturated rings. The Hall–Kier alpha value is 1.30. The second kappa shape index (κ2) is 37.6. The molecule has 0 aromatic carbocycles. The first kappa shape index (κ1) is 54.6. The van der Waals surface area contributed by atoms with Crippen LogP contribution in [-0.2, 0) is 9.47 Å². The van der Waals surface area contributed by atoms with Gasteiger partial charge in [0.15, 0.2) is 0 Å². The first-order valence-corrected chi connectivity index (χ1v) is 21.3. The van der Waals surface area contributed by atoms with E-state index in [1.807, 2.05) is 0 Å². The quantitative estimate of drug-likeness (QED) is 0.0407. The summed E-state index contributed by atoms with van der Waals surface area (Å²) in [4.78, 5) is 0. The van der Waals surface area contributed by atoms with E-state index in [0.29, 0.717) is 0 Å². The van der Waals surface area contributed by atoms with Crippen LogP contribution in [0.2, 0.25) is 0 Å². The normalized spacial score (nSPS) is 12.2. The number of rotatable bonds is 38. The van der Waals surface area contributed by atoms with Crippen LogP contribution in [0.1, 0.15) is 194 Å². The highest BCUT2D eigenvalue weighted by Gasteiger charge is 2.32. The Kier molecular flexibility index (Phi) is 41.9. The van der Waals surface area contributed by atoms with E-state index in [2.05, 4.69) is 56.1 Å². The van der Waals surface area contributed by atoms with Crippen molar-refractivity contribution in [2.75, 3.05) is 81.8 Å². The van der Waals surface area contributed by atoms with Crippen LogP contribution in [0.4, 0.5) is 0 Å². The van der Waals surface area contributed by atoms with Crippen LogP contribution in [0, 0.1) is 5.41 Å². The minimum Gasteiger partial charge on any atom is -1.00 e. The van der Waals surface area contributed by atoms with Gasteiger partial charge in [-0.3, -0.25) is 0 Å². The number of halogens is 2. The number of hydrogen-bond acceptors (Lipinski definition) is 2. The zero-order valence-electron chi connectivity index (χ0n) is 35.0. The van der Waals surface area contributed by atoms with Gasteiger partial charge in [-0.2, -0.15) is 0 Å². The van der Waals surface area contributed by atoms with E-state index in [4.69, 9.17) is 9.47 Å². The molecule has 0 aromatic rings. The predicted molar refractivity (Wildman–Crippen MR) is 210 cm³/mol. The lowest BCUT2D eigenvalue weighted by Crippen LogP contribution is -3.00. The van der Waals surface area contributed by atoms with Gasteiger partial charge in [-0.1, -0.05) is 155 Å².